The van der Waals surface area contributed by atoms with Crippen LogP contribution in [0.3, 0.4) is 0 Å². The van der Waals surface area contributed by atoms with Gasteiger partial charge in [0.05, 0.1) is 16.3 Å². The third kappa shape index (κ3) is 2.92. The summed E-state index contributed by atoms with van der Waals surface area (Å²) < 4.78 is 0. The minimum atomic E-state index is -0.248. The van der Waals surface area contributed by atoms with E-state index in [0.29, 0.717) is 21.8 Å². The van der Waals surface area contributed by atoms with Crippen LogP contribution in [0.5, 0.6) is 0 Å². The second kappa shape index (κ2) is 5.94. The van der Waals surface area contributed by atoms with Crippen molar-refractivity contribution in [2.24, 2.45) is 10.9 Å². The van der Waals surface area contributed by atoms with E-state index >= 15 is 0 Å². The van der Waals surface area contributed by atoms with Gasteiger partial charge < -0.3 is 16.3 Å². The number of anilines is 1. The number of aryl methyl sites for hydroxylation is 1. The molecule has 7 heteroatoms. The Labute approximate surface area is 124 Å². The largest absolute Gasteiger partial charge is 0.409 e. The minimum Gasteiger partial charge on any atom is -0.409 e. The zero-order valence-electron chi connectivity index (χ0n) is 10.6. The molecule has 20 heavy (non-hydrogen) atoms. The first-order valence-electron chi connectivity index (χ1n) is 5.64. The molecule has 0 aliphatic rings. The van der Waals surface area contributed by atoms with Crippen LogP contribution in [-0.2, 0) is 0 Å². The SMILES string of the molecule is Cc1cscc1C(=O)Nc1cc(/C(N)=N/O)ccc1Cl. The van der Waals surface area contributed by atoms with Crippen LogP contribution >= 0.6 is 22.9 Å². The van der Waals surface area contributed by atoms with E-state index in [1.807, 2.05) is 12.3 Å². The highest BCUT2D eigenvalue weighted by atomic mass is 35.5. The summed E-state index contributed by atoms with van der Waals surface area (Å²) in [5.74, 6) is -0.300. The molecule has 1 heterocycles. The summed E-state index contributed by atoms with van der Waals surface area (Å²) in [6.45, 7) is 1.86. The number of nitrogens with zero attached hydrogens (tertiary/aromatic N) is 1. The number of hydrogen-bond donors (Lipinski definition) is 3. The summed E-state index contributed by atoms with van der Waals surface area (Å²) in [6.07, 6.45) is 0. The molecule has 2 aromatic rings. The van der Waals surface area contributed by atoms with Gasteiger partial charge in [0.2, 0.25) is 0 Å². The number of thiophene rings is 1. The van der Waals surface area contributed by atoms with Crippen molar-refractivity contribution in [3.05, 3.63) is 50.7 Å². The van der Waals surface area contributed by atoms with E-state index in [1.54, 1.807) is 23.6 Å². The summed E-state index contributed by atoms with van der Waals surface area (Å²) in [5, 5.41) is 18.3. The molecule has 5 nitrogen and oxygen atoms in total. The van der Waals surface area contributed by atoms with Crippen LogP contribution < -0.4 is 11.1 Å². The van der Waals surface area contributed by atoms with Crippen LogP contribution in [0.2, 0.25) is 5.02 Å². The number of oxime groups is 1. The highest BCUT2D eigenvalue weighted by molar-refractivity contribution is 7.08. The molecule has 1 amide bonds. The van der Waals surface area contributed by atoms with Crippen LogP contribution in [-0.4, -0.2) is 17.0 Å². The van der Waals surface area contributed by atoms with Gasteiger partial charge in [-0.2, -0.15) is 11.3 Å². The lowest BCUT2D eigenvalue weighted by atomic mass is 10.1. The maximum atomic E-state index is 12.1. The number of hydrogen-bond acceptors (Lipinski definition) is 4. The molecular weight excluding hydrogens is 298 g/mol. The molecule has 0 saturated heterocycles. The fraction of sp³-hybridized carbons (Fsp3) is 0.0769. The van der Waals surface area contributed by atoms with Crippen LogP contribution in [0.4, 0.5) is 5.69 Å². The molecule has 0 saturated carbocycles. The van der Waals surface area contributed by atoms with Gasteiger partial charge in [0, 0.05) is 10.9 Å². The van der Waals surface area contributed by atoms with Gasteiger partial charge in [-0.25, -0.2) is 0 Å². The van der Waals surface area contributed by atoms with Crippen molar-refractivity contribution >= 4 is 40.4 Å². The van der Waals surface area contributed by atoms with Crippen LogP contribution in [0.15, 0.2) is 34.1 Å². The highest BCUT2D eigenvalue weighted by Crippen LogP contribution is 2.24. The quantitative estimate of drug-likeness (QED) is 0.352. The van der Waals surface area contributed by atoms with E-state index in [-0.39, 0.29) is 11.7 Å². The summed E-state index contributed by atoms with van der Waals surface area (Å²) in [7, 11) is 0. The lowest BCUT2D eigenvalue weighted by Gasteiger charge is -2.09. The second-order valence-corrected chi connectivity index (χ2v) is 5.25. The number of amidine groups is 1. The number of benzene rings is 1. The lowest BCUT2D eigenvalue weighted by molar-refractivity contribution is 0.102. The predicted molar refractivity (Wildman–Crippen MR) is 81.0 cm³/mol. The lowest BCUT2D eigenvalue weighted by Crippen LogP contribution is -2.16. The summed E-state index contributed by atoms with van der Waals surface area (Å²) in [6, 6.07) is 4.73. The van der Waals surface area contributed by atoms with Gasteiger partial charge in [-0.05, 0) is 36.1 Å². The summed E-state index contributed by atoms with van der Waals surface area (Å²) in [4.78, 5) is 12.1. The molecule has 0 unspecified atom stereocenters. The number of nitrogens with one attached hydrogen (secondary N) is 1. The van der Waals surface area contributed by atoms with Crippen LogP contribution in [0, 0.1) is 6.92 Å². The van der Waals surface area contributed by atoms with Crippen molar-refractivity contribution in [1.82, 2.24) is 0 Å². The van der Waals surface area contributed by atoms with Gasteiger partial charge in [0.25, 0.3) is 5.91 Å². The van der Waals surface area contributed by atoms with Gasteiger partial charge in [0.15, 0.2) is 5.84 Å². The third-order valence-corrected chi connectivity index (χ3v) is 3.91. The van der Waals surface area contributed by atoms with Crippen molar-refractivity contribution < 1.29 is 10.0 Å². The molecule has 2 rings (SSSR count). The Kier molecular flexibility index (Phi) is 4.26. The first-order valence-corrected chi connectivity index (χ1v) is 6.96. The van der Waals surface area contributed by atoms with Gasteiger partial charge in [-0.15, -0.1) is 0 Å². The monoisotopic (exact) mass is 309 g/mol. The number of carbonyl (C=O) groups excluding carboxylic acids is 1. The van der Waals surface area contributed by atoms with E-state index in [2.05, 4.69) is 10.5 Å². The van der Waals surface area contributed by atoms with E-state index in [4.69, 9.17) is 22.5 Å². The molecule has 0 bridgehead atoms. The summed E-state index contributed by atoms with van der Waals surface area (Å²) in [5.41, 5.74) is 7.88. The molecule has 1 aromatic heterocycles. The maximum absolute atomic E-state index is 12.1. The Bertz CT molecular complexity index is 682. The first-order chi connectivity index (χ1) is 9.52. The van der Waals surface area contributed by atoms with Crippen molar-refractivity contribution in [1.29, 1.82) is 0 Å². The normalized spacial score (nSPS) is 11.4. The number of nitrogens with two attached hydrogens (primary N) is 1. The minimum absolute atomic E-state index is 0.0520. The van der Waals surface area contributed by atoms with E-state index in [0.717, 1.165) is 5.56 Å². The average Bonchev–Trinajstić information content (AvgIpc) is 2.86. The zero-order valence-corrected chi connectivity index (χ0v) is 12.1. The zero-order chi connectivity index (χ0) is 14.7. The molecule has 0 fully saturated rings. The van der Waals surface area contributed by atoms with Crippen molar-refractivity contribution in [3.63, 3.8) is 0 Å². The number of amides is 1. The molecule has 0 aliphatic heterocycles. The highest BCUT2D eigenvalue weighted by Gasteiger charge is 2.13. The fourth-order valence-corrected chi connectivity index (χ4v) is 2.61. The smallest absolute Gasteiger partial charge is 0.256 e. The molecule has 0 atom stereocenters. The molecule has 0 radical (unpaired) electrons. The predicted octanol–water partition coefficient (Wildman–Crippen LogP) is 3.06. The molecule has 4 N–H and O–H groups in total. The van der Waals surface area contributed by atoms with Crippen LogP contribution in [0.1, 0.15) is 21.5 Å². The Morgan fingerprint density at radius 3 is 2.80 bits per heavy atom. The molecule has 104 valence electrons. The van der Waals surface area contributed by atoms with E-state index in [1.165, 1.54) is 11.3 Å². The molecule has 0 aliphatic carbocycles. The summed E-state index contributed by atoms with van der Waals surface area (Å²) >= 11 is 7.49. The average molecular weight is 310 g/mol. The topological polar surface area (TPSA) is 87.7 Å². The molecule has 0 spiro atoms. The van der Waals surface area contributed by atoms with Gasteiger partial charge in [-0.3, -0.25) is 4.79 Å². The van der Waals surface area contributed by atoms with Gasteiger partial charge in [0.1, 0.15) is 0 Å². The first kappa shape index (κ1) is 14.4. The number of carbonyl (C=O) groups is 1. The Morgan fingerprint density at radius 2 is 2.20 bits per heavy atom. The number of rotatable bonds is 3. The van der Waals surface area contributed by atoms with Crippen molar-refractivity contribution in [2.75, 3.05) is 5.32 Å². The van der Waals surface area contributed by atoms with E-state index < -0.39 is 0 Å². The molecular formula is C13H12ClN3O2S. The van der Waals surface area contributed by atoms with Crippen LogP contribution in [0.25, 0.3) is 0 Å². The van der Waals surface area contributed by atoms with E-state index in [9.17, 15) is 4.79 Å². The second-order valence-electron chi connectivity index (χ2n) is 4.10. The van der Waals surface area contributed by atoms with Crippen molar-refractivity contribution in [3.8, 4) is 0 Å². The standard InChI is InChI=1S/C13H12ClN3O2S/c1-7-5-20-6-9(7)13(18)16-11-4-8(12(15)17-19)2-3-10(11)14/h2-6,19H,1H3,(H2,15,17)(H,16,18). The Hall–Kier alpha value is -2.05. The maximum Gasteiger partial charge on any atom is 0.256 e. The molecule has 1 aromatic carbocycles. The fourth-order valence-electron chi connectivity index (χ4n) is 1.62. The third-order valence-electron chi connectivity index (χ3n) is 2.72. The van der Waals surface area contributed by atoms with Gasteiger partial charge in [-0.1, -0.05) is 16.8 Å². The Morgan fingerprint density at radius 1 is 1.45 bits per heavy atom. The number of halogens is 1. The van der Waals surface area contributed by atoms with Gasteiger partial charge >= 0.3 is 0 Å². The Balaban J connectivity index is 2.29. The van der Waals surface area contributed by atoms with Crippen molar-refractivity contribution in [2.45, 2.75) is 6.92 Å².